The molecule has 2 aromatic heterocycles. The fraction of sp³-hybridized carbons (Fsp3) is 0.200. The third-order valence-electron chi connectivity index (χ3n) is 4.69. The van der Waals surface area contributed by atoms with E-state index in [2.05, 4.69) is 0 Å². The molecule has 3 rings (SSSR count). The van der Waals surface area contributed by atoms with Crippen molar-refractivity contribution in [3.8, 4) is 0 Å². The molecule has 0 atom stereocenters. The van der Waals surface area contributed by atoms with E-state index in [1.807, 2.05) is 0 Å². The molecule has 8 nitrogen and oxygen atoms in total. The second kappa shape index (κ2) is 8.09. The summed E-state index contributed by atoms with van der Waals surface area (Å²) in [6.45, 7) is -0.894. The summed E-state index contributed by atoms with van der Waals surface area (Å²) in [5.41, 5.74) is 1.39. The number of nitrogen functional groups attached to an aromatic ring is 1. The topological polar surface area (TPSA) is 109 Å². The van der Waals surface area contributed by atoms with Crippen molar-refractivity contribution in [3.63, 3.8) is 0 Å². The third-order valence-corrected chi connectivity index (χ3v) is 4.69. The maximum Gasteiger partial charge on any atom is 0.421 e. The van der Waals surface area contributed by atoms with E-state index in [0.29, 0.717) is 20.8 Å². The number of Topliss-reactive ketones (excluding diaryl/α,β-unsaturated/α-hetero) is 1. The van der Waals surface area contributed by atoms with Crippen LogP contribution in [0.15, 0.2) is 63.0 Å². The van der Waals surface area contributed by atoms with Crippen LogP contribution < -0.4 is 22.5 Å². The van der Waals surface area contributed by atoms with Crippen molar-refractivity contribution < 1.29 is 18.0 Å². The van der Waals surface area contributed by atoms with E-state index in [0.717, 1.165) is 23.9 Å². The maximum atomic E-state index is 13.0. The first-order valence-electron chi connectivity index (χ1n) is 8.95. The van der Waals surface area contributed by atoms with Crippen molar-refractivity contribution >= 4 is 11.6 Å². The van der Waals surface area contributed by atoms with Gasteiger partial charge in [-0.25, -0.2) is 4.79 Å². The highest BCUT2D eigenvalue weighted by atomic mass is 19.4. The average Bonchev–Trinajstić information content (AvgIpc) is 2.71. The van der Waals surface area contributed by atoms with Gasteiger partial charge in [0.2, 0.25) is 0 Å². The van der Waals surface area contributed by atoms with Gasteiger partial charge in [0.25, 0.3) is 11.1 Å². The highest BCUT2D eigenvalue weighted by Crippen LogP contribution is 2.26. The summed E-state index contributed by atoms with van der Waals surface area (Å²) in [7, 11) is 1.15. The molecule has 3 aromatic rings. The van der Waals surface area contributed by atoms with Crippen molar-refractivity contribution in [3.05, 3.63) is 96.5 Å². The number of aromatic nitrogens is 3. The Morgan fingerprint density at radius 2 is 1.65 bits per heavy atom. The monoisotopic (exact) mass is 434 g/mol. The van der Waals surface area contributed by atoms with Gasteiger partial charge in [-0.15, -0.1) is 0 Å². The van der Waals surface area contributed by atoms with E-state index in [-0.39, 0.29) is 6.54 Å². The Kier molecular flexibility index (Phi) is 5.69. The number of hydrogen-bond acceptors (Lipinski definition) is 5. The summed E-state index contributed by atoms with van der Waals surface area (Å²) < 4.78 is 41.1. The summed E-state index contributed by atoms with van der Waals surface area (Å²) in [5, 5.41) is 0. The summed E-state index contributed by atoms with van der Waals surface area (Å²) in [6, 6.07) is 10.2. The number of carbonyl (C=O) groups is 1. The number of halogens is 3. The second-order valence-electron chi connectivity index (χ2n) is 6.75. The molecular weight excluding hydrogens is 417 g/mol. The number of nitrogens with two attached hydrogens (primary N) is 1. The molecule has 0 radical (unpaired) electrons. The molecule has 2 heterocycles. The Morgan fingerprint density at radius 1 is 1.00 bits per heavy atom. The van der Waals surface area contributed by atoms with Gasteiger partial charge in [-0.1, -0.05) is 30.3 Å². The lowest BCUT2D eigenvalue weighted by molar-refractivity contribution is -0.138. The van der Waals surface area contributed by atoms with E-state index in [9.17, 15) is 32.3 Å². The van der Waals surface area contributed by atoms with Crippen LogP contribution in [0, 0.1) is 0 Å². The standard InChI is InChI=1S/C20H17F3N4O4/c1-25-18(30)15(16(24)27(19(25)31)10-12-6-3-2-4-7-12)14(28)11-26-9-5-8-13(17(26)29)20(21,22)23/h2-9H,10-11,24H2,1H3. The molecule has 0 unspecified atom stereocenters. The van der Waals surface area contributed by atoms with Crippen molar-refractivity contribution in [1.82, 2.24) is 13.7 Å². The number of ketones is 1. The van der Waals surface area contributed by atoms with E-state index >= 15 is 0 Å². The molecular formula is C20H17F3N4O4. The minimum atomic E-state index is -4.90. The Hall–Kier alpha value is -3.89. The number of nitrogens with zero attached hydrogens (tertiary/aromatic N) is 3. The van der Waals surface area contributed by atoms with E-state index in [4.69, 9.17) is 5.73 Å². The zero-order valence-corrected chi connectivity index (χ0v) is 16.2. The summed E-state index contributed by atoms with van der Waals surface area (Å²) in [5.74, 6) is -1.43. The normalized spacial score (nSPS) is 11.5. The van der Waals surface area contributed by atoms with Crippen LogP contribution in [0.1, 0.15) is 21.5 Å². The highest BCUT2D eigenvalue weighted by molar-refractivity contribution is 5.99. The van der Waals surface area contributed by atoms with Crippen LogP contribution >= 0.6 is 0 Å². The number of rotatable bonds is 5. The smallest absolute Gasteiger partial charge is 0.384 e. The first-order chi connectivity index (χ1) is 14.5. The highest BCUT2D eigenvalue weighted by Gasteiger charge is 2.34. The van der Waals surface area contributed by atoms with Crippen LogP contribution in [-0.4, -0.2) is 19.5 Å². The van der Waals surface area contributed by atoms with Crippen LogP contribution in [0.4, 0.5) is 19.0 Å². The van der Waals surface area contributed by atoms with Crippen LogP contribution in [0.2, 0.25) is 0 Å². The Labute approximate surface area is 172 Å². The zero-order valence-electron chi connectivity index (χ0n) is 16.2. The molecule has 1 aromatic carbocycles. The molecule has 0 fully saturated rings. The van der Waals surface area contributed by atoms with E-state index < -0.39 is 52.3 Å². The number of pyridine rings is 1. The maximum absolute atomic E-state index is 13.0. The van der Waals surface area contributed by atoms with Gasteiger partial charge in [0.1, 0.15) is 16.9 Å². The van der Waals surface area contributed by atoms with Gasteiger partial charge in [0.15, 0.2) is 5.78 Å². The molecule has 162 valence electrons. The third kappa shape index (κ3) is 4.20. The zero-order chi connectivity index (χ0) is 22.9. The summed E-state index contributed by atoms with van der Waals surface area (Å²) in [4.78, 5) is 49.9. The molecule has 11 heteroatoms. The molecule has 0 spiro atoms. The molecule has 31 heavy (non-hydrogen) atoms. The predicted octanol–water partition coefficient (Wildman–Crippen LogP) is 1.24. The minimum Gasteiger partial charge on any atom is -0.384 e. The van der Waals surface area contributed by atoms with Gasteiger partial charge in [-0.05, 0) is 17.7 Å². The lowest BCUT2D eigenvalue weighted by Gasteiger charge is -2.15. The first-order valence-corrected chi connectivity index (χ1v) is 8.95. The lowest BCUT2D eigenvalue weighted by atomic mass is 10.1. The molecule has 0 aliphatic carbocycles. The average molecular weight is 434 g/mol. The molecule has 0 aliphatic heterocycles. The first kappa shape index (κ1) is 21.8. The van der Waals surface area contributed by atoms with Gasteiger partial charge < -0.3 is 10.3 Å². The Morgan fingerprint density at radius 3 is 2.26 bits per heavy atom. The number of anilines is 1. The van der Waals surface area contributed by atoms with Crippen LogP contribution in [0.25, 0.3) is 0 Å². The molecule has 0 amide bonds. The van der Waals surface area contributed by atoms with Gasteiger partial charge in [-0.2, -0.15) is 13.2 Å². The fourth-order valence-electron chi connectivity index (χ4n) is 3.07. The fourth-order valence-corrected chi connectivity index (χ4v) is 3.07. The van der Waals surface area contributed by atoms with Gasteiger partial charge in [-0.3, -0.25) is 23.5 Å². The van der Waals surface area contributed by atoms with Crippen LogP contribution in [0.5, 0.6) is 0 Å². The number of alkyl halides is 3. The SMILES string of the molecule is Cn1c(=O)c(C(=O)Cn2cccc(C(F)(F)F)c2=O)c(N)n(Cc2ccccc2)c1=O. The summed E-state index contributed by atoms with van der Waals surface area (Å²) in [6.07, 6.45) is -3.91. The van der Waals surface area contributed by atoms with Crippen molar-refractivity contribution in [2.45, 2.75) is 19.3 Å². The Balaban J connectivity index is 2.08. The van der Waals surface area contributed by atoms with E-state index in [1.165, 1.54) is 0 Å². The van der Waals surface area contributed by atoms with Crippen molar-refractivity contribution in [2.24, 2.45) is 7.05 Å². The quantitative estimate of drug-likeness (QED) is 0.608. The van der Waals surface area contributed by atoms with E-state index in [1.54, 1.807) is 30.3 Å². The largest absolute Gasteiger partial charge is 0.421 e. The minimum absolute atomic E-state index is 0.0383. The van der Waals surface area contributed by atoms with Gasteiger partial charge >= 0.3 is 11.9 Å². The predicted molar refractivity (Wildman–Crippen MR) is 106 cm³/mol. The van der Waals surface area contributed by atoms with Crippen LogP contribution in [-0.2, 0) is 26.3 Å². The number of carbonyl (C=O) groups excluding carboxylic acids is 1. The summed E-state index contributed by atoms with van der Waals surface area (Å²) >= 11 is 0. The van der Waals surface area contributed by atoms with Gasteiger partial charge in [0, 0.05) is 13.2 Å². The number of hydrogen-bond donors (Lipinski definition) is 1. The Bertz CT molecular complexity index is 1320. The van der Waals surface area contributed by atoms with Crippen molar-refractivity contribution in [2.75, 3.05) is 5.73 Å². The van der Waals surface area contributed by atoms with Crippen molar-refractivity contribution in [1.29, 1.82) is 0 Å². The number of benzene rings is 1. The second-order valence-corrected chi connectivity index (χ2v) is 6.75. The molecule has 0 saturated heterocycles. The molecule has 0 aliphatic rings. The molecule has 0 bridgehead atoms. The molecule has 0 saturated carbocycles. The van der Waals surface area contributed by atoms with Gasteiger partial charge in [0.05, 0.1) is 13.1 Å². The van der Waals surface area contributed by atoms with Crippen LogP contribution in [0.3, 0.4) is 0 Å². The molecule has 2 N–H and O–H groups in total. The lowest BCUT2D eigenvalue weighted by Crippen LogP contribution is -2.43.